The van der Waals surface area contributed by atoms with Crippen LogP contribution in [0, 0.1) is 5.41 Å². The maximum absolute atomic E-state index is 12.3. The third-order valence-corrected chi connectivity index (χ3v) is 5.87. The Kier molecular flexibility index (Phi) is 5.29. The number of hydrogen-bond acceptors (Lipinski definition) is 3. The van der Waals surface area contributed by atoms with Gasteiger partial charge in [-0.3, -0.25) is 0 Å². The minimum absolute atomic E-state index is 0.247. The third kappa shape index (κ3) is 3.86. The highest BCUT2D eigenvalue weighted by molar-refractivity contribution is 6.09. The van der Waals surface area contributed by atoms with Crippen molar-refractivity contribution in [1.82, 2.24) is 4.58 Å². The Labute approximate surface area is 188 Å². The number of benzene rings is 2. The van der Waals surface area contributed by atoms with Gasteiger partial charge in [0.25, 0.3) is 0 Å². The Hall–Kier alpha value is -3.60. The van der Waals surface area contributed by atoms with Gasteiger partial charge in [0.05, 0.1) is 11.6 Å². The van der Waals surface area contributed by atoms with Crippen LogP contribution in [0.5, 0.6) is 0 Å². The minimum atomic E-state index is -0.949. The van der Waals surface area contributed by atoms with E-state index in [2.05, 4.69) is 19.9 Å². The fraction of sp³-hybridized carbons (Fsp3) is 0.259. The fourth-order valence-corrected chi connectivity index (χ4v) is 3.95. The van der Waals surface area contributed by atoms with Crippen LogP contribution in [0.15, 0.2) is 70.7 Å². The monoisotopic (exact) mass is 429 g/mol. The van der Waals surface area contributed by atoms with Crippen molar-refractivity contribution in [3.8, 4) is 11.3 Å². The number of carbonyl (C=O) groups is 1. The van der Waals surface area contributed by atoms with Crippen LogP contribution in [0.2, 0.25) is 0 Å². The van der Waals surface area contributed by atoms with Crippen LogP contribution >= 0.6 is 0 Å². The van der Waals surface area contributed by atoms with Gasteiger partial charge in [0, 0.05) is 53.8 Å². The standard InChI is InChI=1S/C27H28N2O3/c1-27(2)13-11-19(20(12-14-27)26(30)31)25-21-9-7-17(28(3)4)15-23(21)32-24-16-18(29(5)6)8-10-22(24)25/h7-16H,1-6H3/p+1. The van der Waals surface area contributed by atoms with E-state index in [0.717, 1.165) is 27.6 Å². The lowest BCUT2D eigenvalue weighted by molar-refractivity contribution is -0.132. The van der Waals surface area contributed by atoms with Crippen molar-refractivity contribution in [2.24, 2.45) is 5.41 Å². The van der Waals surface area contributed by atoms with Crippen LogP contribution in [0.25, 0.3) is 27.9 Å². The van der Waals surface area contributed by atoms with E-state index in [-0.39, 0.29) is 11.0 Å². The average Bonchev–Trinajstić information content (AvgIpc) is 2.89. The Morgan fingerprint density at radius 2 is 1.75 bits per heavy atom. The summed E-state index contributed by atoms with van der Waals surface area (Å²) in [6, 6.07) is 12.1. The summed E-state index contributed by atoms with van der Waals surface area (Å²) in [5.41, 5.74) is 4.19. The first kappa shape index (κ1) is 21.6. The summed E-state index contributed by atoms with van der Waals surface area (Å²) < 4.78 is 8.38. The summed E-state index contributed by atoms with van der Waals surface area (Å²) in [6.07, 6.45) is 7.66. The normalized spacial score (nSPS) is 15.3. The maximum Gasteiger partial charge on any atom is 0.336 e. The van der Waals surface area contributed by atoms with Gasteiger partial charge in [-0.15, -0.1) is 0 Å². The van der Waals surface area contributed by atoms with Gasteiger partial charge in [0.15, 0.2) is 0 Å². The van der Waals surface area contributed by atoms with Gasteiger partial charge in [-0.05, 0) is 23.8 Å². The minimum Gasteiger partial charge on any atom is -0.478 e. The molecule has 0 saturated heterocycles. The maximum atomic E-state index is 12.3. The third-order valence-electron chi connectivity index (χ3n) is 5.87. The predicted molar refractivity (Wildman–Crippen MR) is 131 cm³/mol. The van der Waals surface area contributed by atoms with Crippen molar-refractivity contribution < 1.29 is 14.3 Å². The molecule has 5 heteroatoms. The molecule has 0 atom stereocenters. The van der Waals surface area contributed by atoms with E-state index in [1.54, 1.807) is 6.08 Å². The van der Waals surface area contributed by atoms with E-state index in [1.165, 1.54) is 0 Å². The lowest BCUT2D eigenvalue weighted by atomic mass is 9.89. The van der Waals surface area contributed by atoms with Gasteiger partial charge in [0.1, 0.15) is 25.4 Å². The zero-order chi connectivity index (χ0) is 23.2. The molecule has 0 amide bonds. The summed E-state index contributed by atoms with van der Waals surface area (Å²) in [5.74, 6) is -0.233. The smallest absolute Gasteiger partial charge is 0.336 e. The van der Waals surface area contributed by atoms with Crippen LogP contribution in [0.4, 0.5) is 5.69 Å². The van der Waals surface area contributed by atoms with Gasteiger partial charge in [-0.25, -0.2) is 9.37 Å². The molecule has 5 nitrogen and oxygen atoms in total. The molecule has 0 radical (unpaired) electrons. The number of carboxylic acid groups (broad SMARTS) is 1. The molecule has 0 fully saturated rings. The van der Waals surface area contributed by atoms with Crippen molar-refractivity contribution >= 4 is 28.2 Å². The van der Waals surface area contributed by atoms with Crippen LogP contribution in [-0.4, -0.2) is 39.3 Å². The van der Waals surface area contributed by atoms with Gasteiger partial charge >= 0.3 is 5.97 Å². The Morgan fingerprint density at radius 1 is 1.03 bits per heavy atom. The molecule has 0 unspecified atom stereocenters. The van der Waals surface area contributed by atoms with Crippen LogP contribution < -0.4 is 14.8 Å². The average molecular weight is 430 g/mol. The lowest BCUT2D eigenvalue weighted by Crippen LogP contribution is -2.21. The number of hydrogen-bond donors (Lipinski definition) is 1. The highest BCUT2D eigenvalue weighted by Gasteiger charge is 2.25. The molecule has 1 N–H and O–H groups in total. The highest BCUT2D eigenvalue weighted by atomic mass is 16.4. The highest BCUT2D eigenvalue weighted by Crippen LogP contribution is 2.41. The van der Waals surface area contributed by atoms with Crippen molar-refractivity contribution in [1.29, 1.82) is 0 Å². The van der Waals surface area contributed by atoms with Gasteiger partial charge in [-0.1, -0.05) is 38.2 Å². The van der Waals surface area contributed by atoms with Gasteiger partial charge in [-0.2, -0.15) is 0 Å². The van der Waals surface area contributed by atoms with Crippen molar-refractivity contribution in [3.05, 3.63) is 77.2 Å². The Balaban J connectivity index is 2.18. The Bertz CT molecular complexity index is 1360. The van der Waals surface area contributed by atoms with Gasteiger partial charge < -0.3 is 14.4 Å². The number of rotatable bonds is 3. The lowest BCUT2D eigenvalue weighted by Gasteiger charge is -2.19. The number of carboxylic acids is 1. The summed E-state index contributed by atoms with van der Waals surface area (Å²) in [7, 11) is 7.94. The van der Waals surface area contributed by atoms with E-state index in [0.29, 0.717) is 16.9 Å². The molecule has 0 saturated carbocycles. The molecule has 2 aliphatic carbocycles. The van der Waals surface area contributed by atoms with Crippen molar-refractivity contribution in [2.75, 3.05) is 33.1 Å². The molecule has 0 bridgehead atoms. The molecule has 32 heavy (non-hydrogen) atoms. The van der Waals surface area contributed by atoms with E-state index in [4.69, 9.17) is 4.42 Å². The molecule has 164 valence electrons. The molecule has 1 heterocycles. The van der Waals surface area contributed by atoms with E-state index in [9.17, 15) is 9.90 Å². The molecule has 1 aliphatic heterocycles. The first-order chi connectivity index (χ1) is 15.1. The first-order valence-corrected chi connectivity index (χ1v) is 10.6. The van der Waals surface area contributed by atoms with E-state index < -0.39 is 5.97 Å². The summed E-state index contributed by atoms with van der Waals surface area (Å²) in [6.45, 7) is 4.12. The fourth-order valence-electron chi connectivity index (χ4n) is 3.95. The molecular formula is C27H29N2O3+. The van der Waals surface area contributed by atoms with Crippen LogP contribution in [0.3, 0.4) is 0 Å². The molecule has 0 spiro atoms. The zero-order valence-electron chi connectivity index (χ0n) is 19.4. The summed E-state index contributed by atoms with van der Waals surface area (Å²) in [5, 5.41) is 12.0. The van der Waals surface area contributed by atoms with E-state index in [1.807, 2.05) is 86.2 Å². The number of allylic oxidation sites excluding steroid dienone is 4. The van der Waals surface area contributed by atoms with Crippen LogP contribution in [0.1, 0.15) is 19.4 Å². The second kappa shape index (κ2) is 7.83. The largest absolute Gasteiger partial charge is 0.478 e. The second-order valence-electron chi connectivity index (χ2n) is 9.25. The topological polar surface area (TPSA) is 56.7 Å². The van der Waals surface area contributed by atoms with Crippen molar-refractivity contribution in [3.63, 3.8) is 0 Å². The van der Waals surface area contributed by atoms with Crippen LogP contribution in [-0.2, 0) is 4.79 Å². The molecule has 1 aromatic rings. The first-order valence-electron chi connectivity index (χ1n) is 10.6. The Morgan fingerprint density at radius 3 is 2.41 bits per heavy atom. The SMILES string of the molecule is CN(C)c1ccc2c(C3=C(C(=O)O)C=CC(C)(C)C=C3)c3ccc(=[N+](C)C)cc-3oc2c1. The van der Waals surface area contributed by atoms with E-state index >= 15 is 0 Å². The predicted octanol–water partition coefficient (Wildman–Crippen LogP) is 4.63. The number of aliphatic carboxylic acids is 1. The zero-order valence-corrected chi connectivity index (χ0v) is 19.4. The molecule has 4 rings (SSSR count). The molecule has 3 aliphatic rings. The number of anilines is 1. The molecule has 0 aromatic heterocycles. The summed E-state index contributed by atoms with van der Waals surface area (Å²) >= 11 is 0. The van der Waals surface area contributed by atoms with Crippen molar-refractivity contribution in [2.45, 2.75) is 13.8 Å². The number of fused-ring (bicyclic) bond motifs is 2. The second-order valence-corrected chi connectivity index (χ2v) is 9.25. The quantitative estimate of drug-likeness (QED) is 0.487. The molecular weight excluding hydrogens is 400 g/mol. The number of nitrogens with zero attached hydrogens (tertiary/aromatic N) is 2. The molecule has 1 aromatic carbocycles. The van der Waals surface area contributed by atoms with Gasteiger partial charge in [0.2, 0.25) is 5.36 Å². The summed E-state index contributed by atoms with van der Waals surface area (Å²) in [4.78, 5) is 14.3.